The normalized spacial score (nSPS) is 16.5. The van der Waals surface area contributed by atoms with Crippen LogP contribution in [0.1, 0.15) is 64.5 Å². The van der Waals surface area contributed by atoms with E-state index in [1.54, 1.807) is 20.8 Å². The van der Waals surface area contributed by atoms with Crippen LogP contribution in [0, 0.1) is 5.92 Å². The summed E-state index contributed by atoms with van der Waals surface area (Å²) < 4.78 is 24.1. The molecule has 0 aliphatic carbocycles. The van der Waals surface area contributed by atoms with Crippen LogP contribution in [0.15, 0.2) is 24.3 Å². The van der Waals surface area contributed by atoms with Crippen molar-refractivity contribution in [3.8, 4) is 0 Å². The Balaban J connectivity index is 1.83. The number of amides is 1. The van der Waals surface area contributed by atoms with Gasteiger partial charge < -0.3 is 4.90 Å². The second-order valence-electron chi connectivity index (χ2n) is 8.81. The van der Waals surface area contributed by atoms with Crippen LogP contribution in [-0.2, 0) is 27.5 Å². The molecule has 0 bridgehead atoms. The number of aryl methyl sites for hydroxylation is 1. The molecule has 4 nitrogen and oxygen atoms in total. The van der Waals surface area contributed by atoms with Crippen LogP contribution in [0.2, 0.25) is 0 Å². The molecule has 1 aromatic rings. The van der Waals surface area contributed by atoms with Gasteiger partial charge in [-0.25, -0.2) is 8.42 Å². The smallest absolute Gasteiger partial charge is 0.226 e. The lowest BCUT2D eigenvalue weighted by Gasteiger charge is -2.33. The average molecular weight is 394 g/mol. The summed E-state index contributed by atoms with van der Waals surface area (Å²) in [5.74, 6) is 0.544. The molecule has 0 saturated carbocycles. The van der Waals surface area contributed by atoms with Gasteiger partial charge in [0.25, 0.3) is 0 Å². The molecule has 0 radical (unpaired) electrons. The van der Waals surface area contributed by atoms with E-state index in [2.05, 4.69) is 31.2 Å². The molecule has 27 heavy (non-hydrogen) atoms. The van der Waals surface area contributed by atoms with Crippen molar-refractivity contribution in [1.82, 2.24) is 4.90 Å². The molecule has 0 aromatic heterocycles. The Morgan fingerprint density at radius 3 is 2.15 bits per heavy atom. The summed E-state index contributed by atoms with van der Waals surface area (Å²) in [6.07, 6.45) is 5.45. The number of sulfone groups is 1. The summed E-state index contributed by atoms with van der Waals surface area (Å²) in [5, 5.41) is 0. The van der Waals surface area contributed by atoms with Gasteiger partial charge in [0, 0.05) is 13.1 Å². The zero-order chi connectivity index (χ0) is 20.1. The van der Waals surface area contributed by atoms with Crippen molar-refractivity contribution in [1.29, 1.82) is 0 Å². The van der Waals surface area contributed by atoms with Crippen molar-refractivity contribution >= 4 is 15.7 Å². The van der Waals surface area contributed by atoms with Crippen LogP contribution in [0.25, 0.3) is 0 Å². The highest BCUT2D eigenvalue weighted by atomic mass is 32.2. The van der Waals surface area contributed by atoms with Gasteiger partial charge in [0.2, 0.25) is 5.91 Å². The fraction of sp³-hybridized carbons (Fsp3) is 0.682. The maximum atomic E-state index is 12.6. The summed E-state index contributed by atoms with van der Waals surface area (Å²) in [6.45, 7) is 8.79. The van der Waals surface area contributed by atoms with Crippen molar-refractivity contribution in [3.63, 3.8) is 0 Å². The first-order valence-corrected chi connectivity index (χ1v) is 11.9. The van der Waals surface area contributed by atoms with Crippen molar-refractivity contribution in [2.24, 2.45) is 5.92 Å². The van der Waals surface area contributed by atoms with E-state index in [1.807, 2.05) is 4.90 Å². The molecule has 1 aliphatic heterocycles. The summed E-state index contributed by atoms with van der Waals surface area (Å²) in [7, 11) is -3.10. The number of carbonyl (C=O) groups excluding carboxylic acids is 1. The number of hydrogen-bond donors (Lipinski definition) is 0. The first kappa shape index (κ1) is 21.9. The molecule has 0 N–H and O–H groups in total. The fourth-order valence-corrected chi connectivity index (χ4v) is 4.85. The number of carbonyl (C=O) groups is 1. The van der Waals surface area contributed by atoms with Crippen LogP contribution in [0.3, 0.4) is 0 Å². The van der Waals surface area contributed by atoms with E-state index in [9.17, 15) is 13.2 Å². The summed E-state index contributed by atoms with van der Waals surface area (Å²) in [6, 6.07) is 8.38. The molecular weight excluding hydrogens is 358 g/mol. The third-order valence-corrected chi connectivity index (χ3v) is 8.33. The van der Waals surface area contributed by atoms with E-state index in [4.69, 9.17) is 0 Å². The quantitative estimate of drug-likeness (QED) is 0.703. The molecule has 0 spiro atoms. The summed E-state index contributed by atoms with van der Waals surface area (Å²) in [5.41, 5.74) is 2.38. The minimum atomic E-state index is -3.10. The Morgan fingerprint density at radius 1 is 1.07 bits per heavy atom. The van der Waals surface area contributed by atoms with Crippen LogP contribution in [0.5, 0.6) is 0 Å². The summed E-state index contributed by atoms with van der Waals surface area (Å²) >= 11 is 0. The highest BCUT2D eigenvalue weighted by molar-refractivity contribution is 7.92. The van der Waals surface area contributed by atoms with Gasteiger partial charge in [0.1, 0.15) is 0 Å². The molecular formula is C22H35NO3S. The largest absolute Gasteiger partial charge is 0.342 e. The van der Waals surface area contributed by atoms with Crippen molar-refractivity contribution in [2.75, 3.05) is 18.8 Å². The first-order chi connectivity index (χ1) is 12.6. The van der Waals surface area contributed by atoms with Gasteiger partial charge >= 0.3 is 0 Å². The van der Waals surface area contributed by atoms with E-state index < -0.39 is 14.6 Å². The molecule has 0 unspecified atom stereocenters. The SMILES string of the molecule is CCCCc1ccc(CC(=O)N2CCC(CS(=O)(=O)C(C)(C)C)CC2)cc1. The van der Waals surface area contributed by atoms with Crippen molar-refractivity contribution in [3.05, 3.63) is 35.4 Å². The third kappa shape index (κ3) is 6.34. The topological polar surface area (TPSA) is 54.5 Å². The molecule has 1 heterocycles. The van der Waals surface area contributed by atoms with Crippen molar-refractivity contribution in [2.45, 2.75) is 71.0 Å². The van der Waals surface area contributed by atoms with Gasteiger partial charge in [-0.2, -0.15) is 0 Å². The van der Waals surface area contributed by atoms with Gasteiger partial charge in [-0.1, -0.05) is 37.6 Å². The zero-order valence-electron chi connectivity index (χ0n) is 17.3. The van der Waals surface area contributed by atoms with E-state index in [-0.39, 0.29) is 17.6 Å². The number of benzene rings is 1. The second kappa shape index (κ2) is 9.22. The zero-order valence-corrected chi connectivity index (χ0v) is 18.1. The highest BCUT2D eigenvalue weighted by Crippen LogP contribution is 2.25. The molecule has 1 amide bonds. The maximum absolute atomic E-state index is 12.6. The van der Waals surface area contributed by atoms with Gasteiger partial charge in [-0.15, -0.1) is 0 Å². The Kier molecular flexibility index (Phi) is 7.49. The monoisotopic (exact) mass is 393 g/mol. The molecule has 5 heteroatoms. The first-order valence-electron chi connectivity index (χ1n) is 10.2. The lowest BCUT2D eigenvalue weighted by atomic mass is 9.98. The van der Waals surface area contributed by atoms with E-state index >= 15 is 0 Å². The van der Waals surface area contributed by atoms with Crippen LogP contribution in [-0.4, -0.2) is 42.8 Å². The van der Waals surface area contributed by atoms with E-state index in [0.717, 1.165) is 24.8 Å². The Morgan fingerprint density at radius 2 is 1.63 bits per heavy atom. The van der Waals surface area contributed by atoms with E-state index in [1.165, 1.54) is 18.4 Å². The molecule has 1 saturated heterocycles. The highest BCUT2D eigenvalue weighted by Gasteiger charge is 2.33. The Bertz CT molecular complexity index is 709. The number of piperidine rings is 1. The molecule has 1 aliphatic rings. The van der Waals surface area contributed by atoms with Gasteiger partial charge in [-0.3, -0.25) is 4.79 Å². The fourth-order valence-electron chi connectivity index (χ4n) is 3.40. The minimum absolute atomic E-state index is 0.147. The standard InChI is InChI=1S/C22H35NO3S/c1-5-6-7-18-8-10-19(11-9-18)16-21(24)23-14-12-20(13-15-23)17-27(25,26)22(2,3)4/h8-11,20H,5-7,12-17H2,1-4H3. The second-order valence-corrected chi connectivity index (χ2v) is 11.6. The minimum Gasteiger partial charge on any atom is -0.342 e. The van der Waals surface area contributed by atoms with Crippen LogP contribution >= 0.6 is 0 Å². The number of nitrogens with zero attached hydrogens (tertiary/aromatic N) is 1. The third-order valence-electron chi connectivity index (χ3n) is 5.55. The van der Waals surface area contributed by atoms with Gasteiger partial charge in [0.05, 0.1) is 16.9 Å². The number of hydrogen-bond acceptors (Lipinski definition) is 3. The van der Waals surface area contributed by atoms with Crippen LogP contribution in [0.4, 0.5) is 0 Å². The van der Waals surface area contributed by atoms with E-state index in [0.29, 0.717) is 19.5 Å². The van der Waals surface area contributed by atoms with Gasteiger partial charge in [0.15, 0.2) is 9.84 Å². The number of rotatable bonds is 7. The molecule has 2 rings (SSSR count). The summed E-state index contributed by atoms with van der Waals surface area (Å²) in [4.78, 5) is 14.5. The maximum Gasteiger partial charge on any atom is 0.226 e. The molecule has 1 fully saturated rings. The molecule has 0 atom stereocenters. The lowest BCUT2D eigenvalue weighted by Crippen LogP contribution is -2.42. The predicted molar refractivity (Wildman–Crippen MR) is 112 cm³/mol. The Labute approximate surface area is 165 Å². The predicted octanol–water partition coefficient (Wildman–Crippen LogP) is 4.02. The average Bonchev–Trinajstić information content (AvgIpc) is 2.60. The number of likely N-dealkylation sites (tertiary alicyclic amines) is 1. The number of unbranched alkanes of at least 4 members (excludes halogenated alkanes) is 1. The van der Waals surface area contributed by atoms with Crippen LogP contribution < -0.4 is 0 Å². The Hall–Kier alpha value is -1.36. The van der Waals surface area contributed by atoms with Gasteiger partial charge in [-0.05, 0) is 63.5 Å². The molecule has 1 aromatic carbocycles. The molecule has 152 valence electrons. The lowest BCUT2D eigenvalue weighted by molar-refractivity contribution is -0.131. The van der Waals surface area contributed by atoms with Crippen molar-refractivity contribution < 1.29 is 13.2 Å².